The highest BCUT2D eigenvalue weighted by atomic mass is 19.1. The number of pyridine rings is 1. The molecule has 0 saturated heterocycles. The van der Waals surface area contributed by atoms with Gasteiger partial charge in [-0.15, -0.1) is 0 Å². The van der Waals surface area contributed by atoms with Crippen LogP contribution in [0.2, 0.25) is 0 Å². The SMILES string of the molecule is CC(C)(C)c1ccnc(-n2c3ccc(F)cc3c3ccc(Oc4cccc(-n5cnc6ccccc65)c4)cc32)c1. The van der Waals surface area contributed by atoms with Crippen molar-refractivity contribution in [2.45, 2.75) is 26.2 Å². The fourth-order valence-corrected chi connectivity index (χ4v) is 5.29. The Morgan fingerprint density at radius 3 is 2.42 bits per heavy atom. The number of para-hydroxylation sites is 2. The summed E-state index contributed by atoms with van der Waals surface area (Å²) in [7, 11) is 0. The average molecular weight is 527 g/mol. The van der Waals surface area contributed by atoms with E-state index in [1.807, 2.05) is 96.0 Å². The zero-order valence-electron chi connectivity index (χ0n) is 22.5. The van der Waals surface area contributed by atoms with Gasteiger partial charge in [0.25, 0.3) is 0 Å². The molecule has 0 aliphatic carbocycles. The summed E-state index contributed by atoms with van der Waals surface area (Å²) in [6.07, 6.45) is 3.66. The van der Waals surface area contributed by atoms with E-state index in [4.69, 9.17) is 9.72 Å². The van der Waals surface area contributed by atoms with Crippen molar-refractivity contribution in [1.29, 1.82) is 0 Å². The van der Waals surface area contributed by atoms with Gasteiger partial charge in [0.2, 0.25) is 0 Å². The van der Waals surface area contributed by atoms with Crippen LogP contribution in [0.1, 0.15) is 26.3 Å². The molecule has 3 heterocycles. The molecule has 0 aliphatic heterocycles. The van der Waals surface area contributed by atoms with Crippen LogP contribution in [0.4, 0.5) is 4.39 Å². The number of nitrogens with zero attached hydrogens (tertiary/aromatic N) is 4. The van der Waals surface area contributed by atoms with Crippen molar-refractivity contribution in [3.05, 3.63) is 121 Å². The molecule has 3 aromatic heterocycles. The fraction of sp³-hybridized carbons (Fsp3) is 0.118. The molecule has 196 valence electrons. The Labute approximate surface area is 231 Å². The highest BCUT2D eigenvalue weighted by molar-refractivity contribution is 6.09. The topological polar surface area (TPSA) is 44.9 Å². The van der Waals surface area contributed by atoms with E-state index in [0.717, 1.165) is 44.3 Å². The van der Waals surface area contributed by atoms with Crippen LogP contribution in [0.25, 0.3) is 44.3 Å². The minimum absolute atomic E-state index is 0.0393. The van der Waals surface area contributed by atoms with Gasteiger partial charge in [0.05, 0.1) is 27.8 Å². The molecular weight excluding hydrogens is 499 g/mol. The van der Waals surface area contributed by atoms with Crippen molar-refractivity contribution in [3.63, 3.8) is 0 Å². The lowest BCUT2D eigenvalue weighted by molar-refractivity contribution is 0.483. The van der Waals surface area contributed by atoms with Crippen molar-refractivity contribution < 1.29 is 9.13 Å². The van der Waals surface area contributed by atoms with E-state index in [-0.39, 0.29) is 11.2 Å². The van der Waals surface area contributed by atoms with Crippen LogP contribution in [0.15, 0.2) is 110 Å². The Hall–Kier alpha value is -4.97. The Bertz CT molecular complexity index is 2050. The maximum absolute atomic E-state index is 14.4. The number of rotatable bonds is 4. The number of aromatic nitrogens is 4. The molecule has 0 N–H and O–H groups in total. The summed E-state index contributed by atoms with van der Waals surface area (Å²) >= 11 is 0. The minimum Gasteiger partial charge on any atom is -0.457 e. The molecule has 0 atom stereocenters. The van der Waals surface area contributed by atoms with Gasteiger partial charge in [0, 0.05) is 29.1 Å². The molecule has 0 saturated carbocycles. The van der Waals surface area contributed by atoms with Crippen LogP contribution in [-0.2, 0) is 5.41 Å². The summed E-state index contributed by atoms with van der Waals surface area (Å²) in [6.45, 7) is 6.54. The van der Waals surface area contributed by atoms with E-state index in [1.165, 1.54) is 11.6 Å². The first-order valence-corrected chi connectivity index (χ1v) is 13.3. The molecule has 0 unspecified atom stereocenters. The van der Waals surface area contributed by atoms with Gasteiger partial charge < -0.3 is 4.74 Å². The molecule has 40 heavy (non-hydrogen) atoms. The first-order valence-electron chi connectivity index (χ1n) is 13.3. The summed E-state index contributed by atoms with van der Waals surface area (Å²) < 4.78 is 24.9. The van der Waals surface area contributed by atoms with Crippen molar-refractivity contribution in [2.75, 3.05) is 0 Å². The first-order chi connectivity index (χ1) is 19.3. The van der Waals surface area contributed by atoms with E-state index >= 15 is 0 Å². The second-order valence-electron chi connectivity index (χ2n) is 11.0. The molecule has 0 spiro atoms. The molecule has 0 fully saturated rings. The standard InChI is InChI=1S/C34H27FN4O/c1-34(2,3)22-15-16-36-33(17-22)39-30-14-11-23(35)18-28(30)27-13-12-26(20-32(27)39)40-25-8-6-7-24(19-25)38-21-37-29-9-4-5-10-31(29)38/h4-21H,1-3H3. The molecule has 0 radical (unpaired) electrons. The molecule has 5 nitrogen and oxygen atoms in total. The second kappa shape index (κ2) is 9.06. The van der Waals surface area contributed by atoms with E-state index in [0.29, 0.717) is 11.5 Å². The smallest absolute Gasteiger partial charge is 0.137 e. The Kier molecular flexibility index (Phi) is 5.46. The summed E-state index contributed by atoms with van der Waals surface area (Å²) in [4.78, 5) is 9.23. The minimum atomic E-state index is -0.271. The van der Waals surface area contributed by atoms with Crippen LogP contribution < -0.4 is 4.74 Å². The molecule has 7 rings (SSSR count). The number of imidazole rings is 1. The summed E-state index contributed by atoms with van der Waals surface area (Å²) in [6, 6.07) is 30.9. The number of hydrogen-bond donors (Lipinski definition) is 0. The van der Waals surface area contributed by atoms with E-state index in [9.17, 15) is 4.39 Å². The van der Waals surface area contributed by atoms with Crippen LogP contribution in [0, 0.1) is 5.82 Å². The summed E-state index contributed by atoms with van der Waals surface area (Å²) in [5, 5.41) is 1.77. The predicted octanol–water partition coefficient (Wildman–Crippen LogP) is 8.75. The lowest BCUT2D eigenvalue weighted by Crippen LogP contribution is -2.12. The van der Waals surface area contributed by atoms with Gasteiger partial charge in [-0.05, 0) is 77.7 Å². The highest BCUT2D eigenvalue weighted by Gasteiger charge is 2.18. The molecule has 0 bridgehead atoms. The second-order valence-corrected chi connectivity index (χ2v) is 11.0. The van der Waals surface area contributed by atoms with Gasteiger partial charge in [-0.2, -0.15) is 0 Å². The maximum Gasteiger partial charge on any atom is 0.137 e. The first kappa shape index (κ1) is 24.1. The van der Waals surface area contributed by atoms with Gasteiger partial charge in [-0.25, -0.2) is 14.4 Å². The van der Waals surface area contributed by atoms with E-state index in [1.54, 1.807) is 6.07 Å². The quantitative estimate of drug-likeness (QED) is 0.230. The van der Waals surface area contributed by atoms with E-state index in [2.05, 4.69) is 36.4 Å². The third-order valence-electron chi connectivity index (χ3n) is 7.33. The molecule has 7 aromatic rings. The van der Waals surface area contributed by atoms with Gasteiger partial charge in [-0.3, -0.25) is 9.13 Å². The van der Waals surface area contributed by atoms with Gasteiger partial charge in [-0.1, -0.05) is 39.0 Å². The number of halogens is 1. The zero-order chi connectivity index (χ0) is 27.4. The lowest BCUT2D eigenvalue weighted by Gasteiger charge is -2.20. The monoisotopic (exact) mass is 526 g/mol. The number of ether oxygens (including phenoxy) is 1. The highest BCUT2D eigenvalue weighted by Crippen LogP contribution is 2.36. The van der Waals surface area contributed by atoms with Gasteiger partial charge in [0.1, 0.15) is 29.5 Å². The largest absolute Gasteiger partial charge is 0.457 e. The normalized spacial score (nSPS) is 12.0. The van der Waals surface area contributed by atoms with Crippen LogP contribution >= 0.6 is 0 Å². The average Bonchev–Trinajstić information content (AvgIpc) is 3.52. The summed E-state index contributed by atoms with van der Waals surface area (Å²) in [5.74, 6) is 1.89. The lowest BCUT2D eigenvalue weighted by atomic mass is 9.88. The third-order valence-corrected chi connectivity index (χ3v) is 7.33. The van der Waals surface area contributed by atoms with Crippen molar-refractivity contribution in [1.82, 2.24) is 19.1 Å². The number of fused-ring (bicyclic) bond motifs is 4. The van der Waals surface area contributed by atoms with Gasteiger partial charge in [0.15, 0.2) is 0 Å². The van der Waals surface area contributed by atoms with Gasteiger partial charge >= 0.3 is 0 Å². The molecular formula is C34H27FN4O. The Balaban J connectivity index is 1.34. The van der Waals surface area contributed by atoms with Crippen molar-refractivity contribution in [2.24, 2.45) is 0 Å². The molecule has 0 amide bonds. The predicted molar refractivity (Wildman–Crippen MR) is 158 cm³/mol. The number of hydrogen-bond acceptors (Lipinski definition) is 3. The van der Waals surface area contributed by atoms with Crippen LogP contribution in [0.3, 0.4) is 0 Å². The van der Waals surface area contributed by atoms with Crippen LogP contribution in [-0.4, -0.2) is 19.1 Å². The van der Waals surface area contributed by atoms with E-state index < -0.39 is 0 Å². The third kappa shape index (κ3) is 4.09. The fourth-order valence-electron chi connectivity index (χ4n) is 5.29. The summed E-state index contributed by atoms with van der Waals surface area (Å²) in [5.41, 5.74) is 5.85. The molecule has 4 aromatic carbocycles. The van der Waals surface area contributed by atoms with Crippen molar-refractivity contribution >= 4 is 32.8 Å². The van der Waals surface area contributed by atoms with Crippen LogP contribution in [0.5, 0.6) is 11.5 Å². The zero-order valence-corrected chi connectivity index (χ0v) is 22.5. The Morgan fingerprint density at radius 2 is 1.55 bits per heavy atom. The maximum atomic E-state index is 14.4. The number of benzene rings is 4. The van der Waals surface area contributed by atoms with Crippen molar-refractivity contribution in [3.8, 4) is 23.0 Å². The molecule has 6 heteroatoms. The Morgan fingerprint density at radius 1 is 0.700 bits per heavy atom. The molecule has 0 aliphatic rings.